The highest BCUT2D eigenvalue weighted by Crippen LogP contribution is 2.32. The zero-order valence-corrected chi connectivity index (χ0v) is 10.2. The van der Waals surface area contributed by atoms with Crippen LogP contribution in [0.1, 0.15) is 32.6 Å². The van der Waals surface area contributed by atoms with Gasteiger partial charge in [-0.1, -0.05) is 13.3 Å². The van der Waals surface area contributed by atoms with Gasteiger partial charge in [0.05, 0.1) is 0 Å². The average molecular weight is 258 g/mol. The van der Waals surface area contributed by atoms with Gasteiger partial charge in [0.25, 0.3) is 0 Å². The van der Waals surface area contributed by atoms with Gasteiger partial charge in [-0.15, -0.1) is 0 Å². The number of hydrogen-bond donors (Lipinski definition) is 4. The molecule has 3 atom stereocenters. The summed E-state index contributed by atoms with van der Waals surface area (Å²) in [6.07, 6.45) is 1.47. The second kappa shape index (κ2) is 6.23. The Hall–Kier alpha value is -1.79. The highest BCUT2D eigenvalue weighted by Gasteiger charge is 2.37. The Balaban J connectivity index is 2.33. The summed E-state index contributed by atoms with van der Waals surface area (Å²) in [5.74, 6) is -1.84. The maximum absolute atomic E-state index is 11.5. The topological polar surface area (TPSA) is 116 Å². The van der Waals surface area contributed by atoms with Crippen molar-refractivity contribution in [2.45, 2.75) is 44.7 Å². The Kier molecular flexibility index (Phi) is 4.94. The molecule has 0 saturated heterocycles. The Morgan fingerprint density at radius 2 is 2.00 bits per heavy atom. The lowest BCUT2D eigenvalue weighted by molar-refractivity contribution is -0.140. The maximum Gasteiger partial charge on any atom is 0.326 e. The SMILES string of the molecule is CCC1CC1NC(=O)N[C@@H](CCC(=O)O)C(=O)O. The Labute approximate surface area is 105 Å². The third kappa shape index (κ3) is 4.60. The molecule has 0 aromatic heterocycles. The van der Waals surface area contributed by atoms with Gasteiger partial charge in [-0.05, 0) is 18.8 Å². The fraction of sp³-hybridized carbons (Fsp3) is 0.727. The van der Waals surface area contributed by atoms with E-state index in [9.17, 15) is 14.4 Å². The summed E-state index contributed by atoms with van der Waals surface area (Å²) >= 11 is 0. The third-order valence-corrected chi connectivity index (χ3v) is 3.01. The second-order valence-corrected chi connectivity index (χ2v) is 4.45. The number of carboxylic acids is 2. The zero-order chi connectivity index (χ0) is 13.7. The van der Waals surface area contributed by atoms with Crippen molar-refractivity contribution in [3.05, 3.63) is 0 Å². The molecule has 0 aromatic rings. The fourth-order valence-electron chi connectivity index (χ4n) is 1.77. The molecule has 1 aliphatic rings. The first-order valence-corrected chi connectivity index (χ1v) is 5.95. The summed E-state index contributed by atoms with van der Waals surface area (Å²) in [4.78, 5) is 32.7. The Morgan fingerprint density at radius 1 is 1.33 bits per heavy atom. The molecule has 1 rings (SSSR count). The van der Waals surface area contributed by atoms with E-state index in [1.165, 1.54) is 0 Å². The van der Waals surface area contributed by atoms with E-state index in [0.29, 0.717) is 5.92 Å². The lowest BCUT2D eigenvalue weighted by atomic mass is 10.1. The van der Waals surface area contributed by atoms with E-state index < -0.39 is 24.0 Å². The van der Waals surface area contributed by atoms with Crippen molar-refractivity contribution >= 4 is 18.0 Å². The molecule has 0 radical (unpaired) electrons. The van der Waals surface area contributed by atoms with E-state index in [-0.39, 0.29) is 18.9 Å². The van der Waals surface area contributed by atoms with Crippen molar-refractivity contribution in [2.24, 2.45) is 5.92 Å². The monoisotopic (exact) mass is 258 g/mol. The average Bonchev–Trinajstić information content (AvgIpc) is 3.01. The Bertz CT molecular complexity index is 344. The zero-order valence-electron chi connectivity index (χ0n) is 10.2. The van der Waals surface area contributed by atoms with Crippen LogP contribution in [0.4, 0.5) is 4.79 Å². The summed E-state index contributed by atoms with van der Waals surface area (Å²) < 4.78 is 0. The van der Waals surface area contributed by atoms with Gasteiger partial charge in [-0.3, -0.25) is 4.79 Å². The molecule has 0 heterocycles. The molecule has 1 aliphatic carbocycles. The van der Waals surface area contributed by atoms with Crippen LogP contribution >= 0.6 is 0 Å². The van der Waals surface area contributed by atoms with Crippen LogP contribution in [0.3, 0.4) is 0 Å². The first-order valence-electron chi connectivity index (χ1n) is 5.95. The molecule has 0 aromatic carbocycles. The third-order valence-electron chi connectivity index (χ3n) is 3.01. The van der Waals surface area contributed by atoms with Gasteiger partial charge in [0.2, 0.25) is 0 Å². The van der Waals surface area contributed by atoms with Gasteiger partial charge in [-0.25, -0.2) is 9.59 Å². The van der Waals surface area contributed by atoms with Crippen molar-refractivity contribution in [1.82, 2.24) is 10.6 Å². The molecule has 102 valence electrons. The summed E-state index contributed by atoms with van der Waals surface area (Å²) in [7, 11) is 0. The first kappa shape index (κ1) is 14.3. The van der Waals surface area contributed by atoms with Crippen molar-refractivity contribution in [1.29, 1.82) is 0 Å². The number of aliphatic carboxylic acids is 2. The van der Waals surface area contributed by atoms with E-state index in [2.05, 4.69) is 10.6 Å². The molecule has 7 heteroatoms. The predicted octanol–water partition coefficient (Wildman–Crippen LogP) is 0.402. The minimum atomic E-state index is -1.23. The predicted molar refractivity (Wildman–Crippen MR) is 62.1 cm³/mol. The van der Waals surface area contributed by atoms with Crippen LogP contribution in [0.25, 0.3) is 0 Å². The lowest BCUT2D eigenvalue weighted by Gasteiger charge is -2.14. The van der Waals surface area contributed by atoms with Gasteiger partial charge in [0.1, 0.15) is 6.04 Å². The molecule has 4 N–H and O–H groups in total. The molecule has 1 fully saturated rings. The maximum atomic E-state index is 11.5. The summed E-state index contributed by atoms with van der Waals surface area (Å²) in [6, 6.07) is -1.60. The highest BCUT2D eigenvalue weighted by molar-refractivity contribution is 5.83. The Morgan fingerprint density at radius 3 is 2.44 bits per heavy atom. The van der Waals surface area contributed by atoms with E-state index in [1.54, 1.807) is 0 Å². The lowest BCUT2D eigenvalue weighted by Crippen LogP contribution is -2.47. The quantitative estimate of drug-likeness (QED) is 0.527. The minimum Gasteiger partial charge on any atom is -0.481 e. The van der Waals surface area contributed by atoms with Gasteiger partial charge in [0, 0.05) is 12.5 Å². The van der Waals surface area contributed by atoms with Crippen LogP contribution < -0.4 is 10.6 Å². The molecule has 2 amide bonds. The van der Waals surface area contributed by atoms with Crippen LogP contribution in [0.15, 0.2) is 0 Å². The molecular formula is C11H18N2O5. The summed E-state index contributed by atoms with van der Waals surface area (Å²) in [6.45, 7) is 2.02. The number of carbonyl (C=O) groups is 3. The minimum absolute atomic E-state index is 0.115. The van der Waals surface area contributed by atoms with Crippen LogP contribution in [0.2, 0.25) is 0 Å². The number of carbonyl (C=O) groups excluding carboxylic acids is 1. The standard InChI is InChI=1S/C11H18N2O5/c1-2-6-5-8(6)13-11(18)12-7(10(16)17)3-4-9(14)15/h6-8H,2-5H2,1H3,(H,14,15)(H,16,17)(H2,12,13,18)/t6?,7-,8?/m0/s1. The molecule has 0 bridgehead atoms. The molecule has 7 nitrogen and oxygen atoms in total. The molecule has 18 heavy (non-hydrogen) atoms. The van der Waals surface area contributed by atoms with E-state index in [0.717, 1.165) is 12.8 Å². The number of hydrogen-bond acceptors (Lipinski definition) is 3. The fourth-order valence-corrected chi connectivity index (χ4v) is 1.77. The van der Waals surface area contributed by atoms with Gasteiger partial charge >= 0.3 is 18.0 Å². The normalized spacial score (nSPS) is 22.9. The molecule has 1 saturated carbocycles. The number of carboxylic acid groups (broad SMARTS) is 2. The van der Waals surface area contributed by atoms with Crippen molar-refractivity contribution < 1.29 is 24.6 Å². The van der Waals surface area contributed by atoms with E-state index >= 15 is 0 Å². The number of urea groups is 1. The molecule has 2 unspecified atom stereocenters. The first-order chi connectivity index (χ1) is 8.43. The number of nitrogens with one attached hydrogen (secondary N) is 2. The smallest absolute Gasteiger partial charge is 0.326 e. The summed E-state index contributed by atoms with van der Waals surface area (Å²) in [5.41, 5.74) is 0. The van der Waals surface area contributed by atoms with Crippen LogP contribution in [0, 0.1) is 5.92 Å². The van der Waals surface area contributed by atoms with Crippen molar-refractivity contribution in [3.8, 4) is 0 Å². The van der Waals surface area contributed by atoms with Crippen LogP contribution in [-0.2, 0) is 9.59 Å². The largest absolute Gasteiger partial charge is 0.481 e. The number of rotatable bonds is 7. The molecular weight excluding hydrogens is 240 g/mol. The van der Waals surface area contributed by atoms with E-state index in [4.69, 9.17) is 10.2 Å². The van der Waals surface area contributed by atoms with Crippen LogP contribution in [0.5, 0.6) is 0 Å². The van der Waals surface area contributed by atoms with Gasteiger partial charge in [-0.2, -0.15) is 0 Å². The molecule has 0 spiro atoms. The van der Waals surface area contributed by atoms with Crippen molar-refractivity contribution in [3.63, 3.8) is 0 Å². The van der Waals surface area contributed by atoms with E-state index in [1.807, 2.05) is 6.92 Å². The van der Waals surface area contributed by atoms with Gasteiger partial charge in [0.15, 0.2) is 0 Å². The molecule has 0 aliphatic heterocycles. The van der Waals surface area contributed by atoms with Crippen molar-refractivity contribution in [2.75, 3.05) is 0 Å². The summed E-state index contributed by atoms with van der Waals surface area (Å²) in [5, 5.41) is 22.3. The second-order valence-electron chi connectivity index (χ2n) is 4.45. The van der Waals surface area contributed by atoms with Gasteiger partial charge < -0.3 is 20.8 Å². The number of amides is 2. The highest BCUT2D eigenvalue weighted by atomic mass is 16.4. The van der Waals surface area contributed by atoms with Crippen LogP contribution in [-0.4, -0.2) is 40.3 Å².